The SMILES string of the molecule is CC(=O)N(C)c1ccc(Nc2nc(N3CCc4ccccc4C3)c3occc3n2)cc1. The maximum Gasteiger partial charge on any atom is 0.229 e. The Hall–Kier alpha value is -3.87. The van der Waals surface area contributed by atoms with E-state index in [1.807, 2.05) is 30.3 Å². The lowest BCUT2D eigenvalue weighted by molar-refractivity contribution is -0.116. The average Bonchev–Trinajstić information content (AvgIpc) is 3.27. The molecular weight excluding hydrogens is 390 g/mol. The molecule has 2 aromatic heterocycles. The van der Waals surface area contributed by atoms with Crippen molar-refractivity contribution in [2.24, 2.45) is 0 Å². The van der Waals surface area contributed by atoms with Gasteiger partial charge in [-0.3, -0.25) is 4.79 Å². The molecule has 0 spiro atoms. The van der Waals surface area contributed by atoms with E-state index in [-0.39, 0.29) is 5.91 Å². The highest BCUT2D eigenvalue weighted by Crippen LogP contribution is 2.31. The highest BCUT2D eigenvalue weighted by molar-refractivity contribution is 5.91. The zero-order valence-electron chi connectivity index (χ0n) is 17.5. The highest BCUT2D eigenvalue weighted by Gasteiger charge is 2.22. The van der Waals surface area contributed by atoms with Gasteiger partial charge in [0, 0.05) is 44.5 Å². The minimum absolute atomic E-state index is 0.0119. The summed E-state index contributed by atoms with van der Waals surface area (Å²) in [7, 11) is 1.75. The monoisotopic (exact) mass is 413 g/mol. The molecule has 3 heterocycles. The average molecular weight is 413 g/mol. The number of anilines is 4. The molecule has 0 fully saturated rings. The highest BCUT2D eigenvalue weighted by atomic mass is 16.3. The summed E-state index contributed by atoms with van der Waals surface area (Å²) < 4.78 is 5.73. The summed E-state index contributed by atoms with van der Waals surface area (Å²) in [6, 6.07) is 18.0. The van der Waals surface area contributed by atoms with E-state index in [1.165, 1.54) is 11.1 Å². The number of hydrogen-bond donors (Lipinski definition) is 1. The third-order valence-electron chi connectivity index (χ3n) is 5.70. The first kappa shape index (κ1) is 19.1. The van der Waals surface area contributed by atoms with Gasteiger partial charge in [0.2, 0.25) is 11.9 Å². The van der Waals surface area contributed by atoms with Crippen molar-refractivity contribution in [3.63, 3.8) is 0 Å². The molecule has 0 radical (unpaired) electrons. The molecule has 156 valence electrons. The summed E-state index contributed by atoms with van der Waals surface area (Å²) in [5.41, 5.74) is 5.84. The molecule has 5 rings (SSSR count). The zero-order chi connectivity index (χ0) is 21.4. The van der Waals surface area contributed by atoms with Gasteiger partial charge in [0.15, 0.2) is 11.4 Å². The molecule has 0 saturated carbocycles. The maximum atomic E-state index is 11.6. The van der Waals surface area contributed by atoms with E-state index in [0.29, 0.717) is 11.5 Å². The first-order valence-corrected chi connectivity index (χ1v) is 10.3. The number of carbonyl (C=O) groups excluding carboxylic acids is 1. The van der Waals surface area contributed by atoms with Crippen LogP contribution in [0.15, 0.2) is 65.3 Å². The van der Waals surface area contributed by atoms with E-state index in [1.54, 1.807) is 25.1 Å². The summed E-state index contributed by atoms with van der Waals surface area (Å²) in [4.78, 5) is 24.8. The molecular formula is C24H23N5O2. The minimum Gasteiger partial charge on any atom is -0.459 e. The predicted molar refractivity (Wildman–Crippen MR) is 122 cm³/mol. The van der Waals surface area contributed by atoms with Crippen LogP contribution in [0.1, 0.15) is 18.1 Å². The molecule has 2 aromatic carbocycles. The van der Waals surface area contributed by atoms with Crippen LogP contribution >= 0.6 is 0 Å². The van der Waals surface area contributed by atoms with Gasteiger partial charge in [-0.1, -0.05) is 24.3 Å². The molecule has 0 aliphatic carbocycles. The number of hydrogen-bond acceptors (Lipinski definition) is 6. The molecule has 1 amide bonds. The van der Waals surface area contributed by atoms with E-state index in [4.69, 9.17) is 9.40 Å². The van der Waals surface area contributed by atoms with Gasteiger partial charge in [-0.05, 0) is 41.8 Å². The van der Waals surface area contributed by atoms with Crippen molar-refractivity contribution in [1.82, 2.24) is 9.97 Å². The summed E-state index contributed by atoms with van der Waals surface area (Å²) >= 11 is 0. The van der Waals surface area contributed by atoms with E-state index in [2.05, 4.69) is 39.5 Å². The molecule has 1 N–H and O–H groups in total. The van der Waals surface area contributed by atoms with E-state index < -0.39 is 0 Å². The maximum absolute atomic E-state index is 11.6. The van der Waals surface area contributed by atoms with E-state index in [0.717, 1.165) is 42.2 Å². The fraction of sp³-hybridized carbons (Fsp3) is 0.208. The van der Waals surface area contributed by atoms with Gasteiger partial charge < -0.3 is 19.5 Å². The van der Waals surface area contributed by atoms with Gasteiger partial charge >= 0.3 is 0 Å². The molecule has 1 aliphatic rings. The first-order chi connectivity index (χ1) is 15.1. The second kappa shape index (κ2) is 7.75. The van der Waals surface area contributed by atoms with Gasteiger partial charge in [-0.15, -0.1) is 0 Å². The normalized spacial score (nSPS) is 13.2. The molecule has 0 bridgehead atoms. The van der Waals surface area contributed by atoms with Gasteiger partial charge in [0.05, 0.1) is 6.26 Å². The van der Waals surface area contributed by atoms with Crippen molar-refractivity contribution in [3.05, 3.63) is 72.0 Å². The topological polar surface area (TPSA) is 74.5 Å². The molecule has 4 aromatic rings. The van der Waals surface area contributed by atoms with Gasteiger partial charge in [0.25, 0.3) is 0 Å². The number of benzene rings is 2. The number of carbonyl (C=O) groups is 1. The molecule has 0 unspecified atom stereocenters. The smallest absolute Gasteiger partial charge is 0.229 e. The number of furan rings is 1. The summed E-state index contributed by atoms with van der Waals surface area (Å²) in [6.07, 6.45) is 2.62. The first-order valence-electron chi connectivity index (χ1n) is 10.3. The lowest BCUT2D eigenvalue weighted by atomic mass is 10.00. The molecule has 7 heteroatoms. The number of amides is 1. The van der Waals surface area contributed by atoms with Crippen LogP contribution in [-0.4, -0.2) is 29.5 Å². The Balaban J connectivity index is 1.44. The number of nitrogens with zero attached hydrogens (tertiary/aromatic N) is 4. The Labute approximate surface area is 180 Å². The van der Waals surface area contributed by atoms with Crippen LogP contribution in [0.4, 0.5) is 23.1 Å². The second-order valence-electron chi connectivity index (χ2n) is 7.70. The van der Waals surface area contributed by atoms with Crippen molar-refractivity contribution in [2.45, 2.75) is 19.9 Å². The predicted octanol–water partition coefficient (Wildman–Crippen LogP) is 4.51. The van der Waals surface area contributed by atoms with Crippen LogP contribution in [0.2, 0.25) is 0 Å². The lowest BCUT2D eigenvalue weighted by Gasteiger charge is -2.29. The molecule has 31 heavy (non-hydrogen) atoms. The van der Waals surface area contributed by atoms with Crippen LogP contribution in [0.3, 0.4) is 0 Å². The fourth-order valence-corrected chi connectivity index (χ4v) is 3.87. The Morgan fingerprint density at radius 2 is 1.84 bits per heavy atom. The standard InChI is InChI=1S/C24H23N5O2/c1-16(30)28(2)20-9-7-19(8-10-20)25-24-26-21-12-14-31-22(21)23(27-24)29-13-11-17-5-3-4-6-18(17)15-29/h3-10,12,14H,11,13,15H2,1-2H3,(H,25,26,27). The van der Waals surface area contributed by atoms with Crippen LogP contribution in [0, 0.1) is 0 Å². The Bertz CT molecular complexity index is 1250. The van der Waals surface area contributed by atoms with Crippen molar-refractivity contribution >= 4 is 40.1 Å². The Morgan fingerprint density at radius 3 is 2.61 bits per heavy atom. The third kappa shape index (κ3) is 3.70. The van der Waals surface area contributed by atoms with Crippen LogP contribution < -0.4 is 15.1 Å². The van der Waals surface area contributed by atoms with Crippen LogP contribution in [0.25, 0.3) is 11.1 Å². The third-order valence-corrected chi connectivity index (χ3v) is 5.70. The van der Waals surface area contributed by atoms with E-state index in [9.17, 15) is 4.79 Å². The number of aromatic nitrogens is 2. The van der Waals surface area contributed by atoms with Crippen molar-refractivity contribution in [2.75, 3.05) is 28.7 Å². The van der Waals surface area contributed by atoms with Gasteiger partial charge in [-0.25, -0.2) is 4.98 Å². The molecule has 0 saturated heterocycles. The zero-order valence-corrected chi connectivity index (χ0v) is 17.5. The van der Waals surface area contributed by atoms with Crippen molar-refractivity contribution in [3.8, 4) is 0 Å². The van der Waals surface area contributed by atoms with Gasteiger partial charge in [-0.2, -0.15) is 4.98 Å². The number of nitrogens with one attached hydrogen (secondary N) is 1. The van der Waals surface area contributed by atoms with Crippen LogP contribution in [-0.2, 0) is 17.8 Å². The number of fused-ring (bicyclic) bond motifs is 2. The molecule has 7 nitrogen and oxygen atoms in total. The second-order valence-corrected chi connectivity index (χ2v) is 7.70. The van der Waals surface area contributed by atoms with Crippen molar-refractivity contribution < 1.29 is 9.21 Å². The number of rotatable bonds is 4. The summed E-state index contributed by atoms with van der Waals surface area (Å²) in [6.45, 7) is 3.20. The van der Waals surface area contributed by atoms with E-state index >= 15 is 0 Å². The molecule has 1 aliphatic heterocycles. The largest absolute Gasteiger partial charge is 0.459 e. The van der Waals surface area contributed by atoms with Gasteiger partial charge in [0.1, 0.15) is 5.52 Å². The Kier molecular flexibility index (Phi) is 4.78. The summed E-state index contributed by atoms with van der Waals surface area (Å²) in [5, 5.41) is 3.29. The molecule has 0 atom stereocenters. The Morgan fingerprint density at radius 1 is 1.06 bits per heavy atom. The lowest BCUT2D eigenvalue weighted by Crippen LogP contribution is -2.31. The van der Waals surface area contributed by atoms with Crippen molar-refractivity contribution in [1.29, 1.82) is 0 Å². The quantitative estimate of drug-likeness (QED) is 0.531. The minimum atomic E-state index is -0.0119. The fourth-order valence-electron chi connectivity index (χ4n) is 3.87. The summed E-state index contributed by atoms with van der Waals surface area (Å²) in [5.74, 6) is 1.29. The van der Waals surface area contributed by atoms with Crippen LogP contribution in [0.5, 0.6) is 0 Å².